The van der Waals surface area contributed by atoms with Crippen LogP contribution in [0.4, 0.5) is 13.2 Å². The third kappa shape index (κ3) is 3.88. The smallest absolute Gasteiger partial charge is 0.416 e. The van der Waals surface area contributed by atoms with Gasteiger partial charge in [-0.05, 0) is 37.5 Å². The molecule has 1 aliphatic rings. The highest BCUT2D eigenvalue weighted by atomic mass is 19.4. The van der Waals surface area contributed by atoms with Crippen LogP contribution in [0.15, 0.2) is 24.3 Å². The molecule has 1 amide bonds. The number of carboxylic acid groups (broad SMARTS) is 1. The molecule has 2 rings (SSSR count). The molecule has 1 heterocycles. The van der Waals surface area contributed by atoms with Gasteiger partial charge in [-0.15, -0.1) is 0 Å². The van der Waals surface area contributed by atoms with Gasteiger partial charge in [-0.2, -0.15) is 13.2 Å². The SMILES string of the molecule is CC(Cc1ccc(C(F)(F)F)cc1)C(=O)N1CCC(C(=O)O)C1C. The number of hydrogen-bond acceptors (Lipinski definition) is 2. The molecule has 1 aromatic rings. The molecule has 1 aliphatic heterocycles. The second-order valence-electron chi connectivity index (χ2n) is 6.31. The highest BCUT2D eigenvalue weighted by Gasteiger charge is 2.39. The standard InChI is InChI=1S/C17H20F3NO3/c1-10(9-12-3-5-13(6-4-12)17(18,19)20)15(22)21-8-7-14(11(21)2)16(23)24/h3-6,10-11,14H,7-9H2,1-2H3,(H,23,24). The fraction of sp³-hybridized carbons (Fsp3) is 0.529. The number of amides is 1. The molecule has 3 unspecified atom stereocenters. The van der Waals surface area contributed by atoms with E-state index >= 15 is 0 Å². The van der Waals surface area contributed by atoms with E-state index < -0.39 is 29.5 Å². The van der Waals surface area contributed by atoms with Crippen molar-refractivity contribution in [2.75, 3.05) is 6.54 Å². The molecule has 0 radical (unpaired) electrons. The average Bonchev–Trinajstić information content (AvgIpc) is 2.88. The van der Waals surface area contributed by atoms with Crippen molar-refractivity contribution in [3.05, 3.63) is 35.4 Å². The number of carboxylic acids is 1. The highest BCUT2D eigenvalue weighted by Crippen LogP contribution is 2.30. The Hall–Kier alpha value is -2.05. The van der Waals surface area contributed by atoms with Crippen LogP contribution in [0, 0.1) is 11.8 Å². The lowest BCUT2D eigenvalue weighted by Gasteiger charge is -2.26. The summed E-state index contributed by atoms with van der Waals surface area (Å²) in [7, 11) is 0. The van der Waals surface area contributed by atoms with Crippen LogP contribution in [-0.4, -0.2) is 34.5 Å². The van der Waals surface area contributed by atoms with Crippen LogP contribution in [0.25, 0.3) is 0 Å². The summed E-state index contributed by atoms with van der Waals surface area (Å²) < 4.78 is 37.7. The van der Waals surface area contributed by atoms with E-state index in [0.717, 1.165) is 12.1 Å². The second kappa shape index (κ2) is 6.83. The molecule has 132 valence electrons. The summed E-state index contributed by atoms with van der Waals surface area (Å²) in [5.41, 5.74) is -0.0758. The lowest BCUT2D eigenvalue weighted by Crippen LogP contribution is -2.40. The van der Waals surface area contributed by atoms with Gasteiger partial charge in [-0.25, -0.2) is 0 Å². The molecular weight excluding hydrogens is 323 g/mol. The Labute approximate surface area is 138 Å². The van der Waals surface area contributed by atoms with E-state index in [1.54, 1.807) is 18.7 Å². The maximum atomic E-state index is 12.6. The van der Waals surface area contributed by atoms with Crippen LogP contribution in [-0.2, 0) is 22.2 Å². The van der Waals surface area contributed by atoms with Gasteiger partial charge in [0.15, 0.2) is 0 Å². The fourth-order valence-electron chi connectivity index (χ4n) is 3.13. The molecule has 3 atom stereocenters. The minimum atomic E-state index is -4.38. The highest BCUT2D eigenvalue weighted by molar-refractivity contribution is 5.81. The normalized spacial score (nSPS) is 22.5. The Balaban J connectivity index is 2.01. The molecule has 0 spiro atoms. The van der Waals surface area contributed by atoms with Gasteiger partial charge in [-0.3, -0.25) is 9.59 Å². The number of halogens is 3. The summed E-state index contributed by atoms with van der Waals surface area (Å²) in [6, 6.07) is 4.39. The summed E-state index contributed by atoms with van der Waals surface area (Å²) in [6.45, 7) is 3.82. The molecule has 0 saturated carbocycles. The molecule has 1 aromatic carbocycles. The van der Waals surface area contributed by atoms with Gasteiger partial charge in [0.25, 0.3) is 0 Å². The van der Waals surface area contributed by atoms with E-state index in [1.807, 2.05) is 0 Å². The molecular formula is C17H20F3NO3. The van der Waals surface area contributed by atoms with Crippen molar-refractivity contribution in [2.24, 2.45) is 11.8 Å². The number of rotatable bonds is 4. The maximum Gasteiger partial charge on any atom is 0.416 e. The predicted molar refractivity (Wildman–Crippen MR) is 81.2 cm³/mol. The van der Waals surface area contributed by atoms with Crippen LogP contribution in [0.3, 0.4) is 0 Å². The van der Waals surface area contributed by atoms with Crippen molar-refractivity contribution < 1.29 is 27.9 Å². The van der Waals surface area contributed by atoms with Crippen molar-refractivity contribution >= 4 is 11.9 Å². The Morgan fingerprint density at radius 2 is 1.88 bits per heavy atom. The van der Waals surface area contributed by atoms with Gasteiger partial charge in [-0.1, -0.05) is 19.1 Å². The van der Waals surface area contributed by atoms with E-state index in [1.165, 1.54) is 12.1 Å². The predicted octanol–water partition coefficient (Wildman–Crippen LogP) is 3.21. The molecule has 1 fully saturated rings. The van der Waals surface area contributed by atoms with Crippen molar-refractivity contribution in [3.8, 4) is 0 Å². The third-order valence-corrected chi connectivity index (χ3v) is 4.60. The Kier molecular flexibility index (Phi) is 5.20. The minimum Gasteiger partial charge on any atom is -0.481 e. The number of aliphatic carboxylic acids is 1. The minimum absolute atomic E-state index is 0.161. The molecule has 7 heteroatoms. The number of carbonyl (C=O) groups is 2. The van der Waals surface area contributed by atoms with Crippen LogP contribution in [0.2, 0.25) is 0 Å². The molecule has 0 aliphatic carbocycles. The van der Waals surface area contributed by atoms with Gasteiger partial charge in [0.2, 0.25) is 5.91 Å². The Morgan fingerprint density at radius 1 is 1.29 bits per heavy atom. The van der Waals surface area contributed by atoms with Crippen molar-refractivity contribution in [3.63, 3.8) is 0 Å². The molecule has 4 nitrogen and oxygen atoms in total. The van der Waals surface area contributed by atoms with Gasteiger partial charge < -0.3 is 10.0 Å². The quantitative estimate of drug-likeness (QED) is 0.913. The largest absolute Gasteiger partial charge is 0.481 e. The molecule has 24 heavy (non-hydrogen) atoms. The van der Waals surface area contributed by atoms with E-state index in [4.69, 9.17) is 5.11 Å². The van der Waals surface area contributed by atoms with Gasteiger partial charge in [0.05, 0.1) is 11.5 Å². The summed E-state index contributed by atoms with van der Waals surface area (Å²) in [5, 5.41) is 9.12. The third-order valence-electron chi connectivity index (χ3n) is 4.60. The van der Waals surface area contributed by atoms with E-state index in [-0.39, 0.29) is 11.9 Å². The zero-order valence-electron chi connectivity index (χ0n) is 13.5. The second-order valence-corrected chi connectivity index (χ2v) is 6.31. The van der Waals surface area contributed by atoms with Crippen LogP contribution >= 0.6 is 0 Å². The topological polar surface area (TPSA) is 57.6 Å². The van der Waals surface area contributed by atoms with Gasteiger partial charge >= 0.3 is 12.1 Å². The number of alkyl halides is 3. The first-order chi connectivity index (χ1) is 11.1. The Morgan fingerprint density at radius 3 is 2.33 bits per heavy atom. The molecule has 0 bridgehead atoms. The lowest BCUT2D eigenvalue weighted by molar-refractivity contribution is -0.143. The zero-order chi connectivity index (χ0) is 18.1. The van der Waals surface area contributed by atoms with Gasteiger partial charge in [0, 0.05) is 18.5 Å². The summed E-state index contributed by atoms with van der Waals surface area (Å²) >= 11 is 0. The monoisotopic (exact) mass is 343 g/mol. The fourth-order valence-corrected chi connectivity index (χ4v) is 3.13. The van der Waals surface area contributed by atoms with E-state index in [2.05, 4.69) is 0 Å². The first kappa shape index (κ1) is 18.3. The average molecular weight is 343 g/mol. The molecule has 1 N–H and O–H groups in total. The van der Waals surface area contributed by atoms with Crippen molar-refractivity contribution in [2.45, 2.75) is 38.9 Å². The van der Waals surface area contributed by atoms with Crippen LogP contribution < -0.4 is 0 Å². The van der Waals surface area contributed by atoms with E-state index in [0.29, 0.717) is 24.9 Å². The maximum absolute atomic E-state index is 12.6. The van der Waals surface area contributed by atoms with Crippen molar-refractivity contribution in [1.29, 1.82) is 0 Å². The van der Waals surface area contributed by atoms with Crippen molar-refractivity contribution in [1.82, 2.24) is 4.90 Å². The lowest BCUT2D eigenvalue weighted by atomic mass is 9.97. The van der Waals surface area contributed by atoms with Gasteiger partial charge in [0.1, 0.15) is 0 Å². The Bertz CT molecular complexity index is 613. The zero-order valence-corrected chi connectivity index (χ0v) is 13.5. The number of hydrogen-bond donors (Lipinski definition) is 1. The molecule has 0 aromatic heterocycles. The number of benzene rings is 1. The summed E-state index contributed by atoms with van der Waals surface area (Å²) in [6.07, 6.45) is -3.63. The molecule has 1 saturated heterocycles. The first-order valence-corrected chi connectivity index (χ1v) is 7.80. The van der Waals surface area contributed by atoms with Crippen LogP contribution in [0.1, 0.15) is 31.4 Å². The number of likely N-dealkylation sites (tertiary alicyclic amines) is 1. The summed E-state index contributed by atoms with van der Waals surface area (Å²) in [5.74, 6) is -2.05. The van der Waals surface area contributed by atoms with E-state index in [9.17, 15) is 22.8 Å². The first-order valence-electron chi connectivity index (χ1n) is 7.80. The number of nitrogens with zero attached hydrogens (tertiary/aromatic N) is 1. The van der Waals surface area contributed by atoms with Crippen LogP contribution in [0.5, 0.6) is 0 Å². The summed E-state index contributed by atoms with van der Waals surface area (Å²) in [4.78, 5) is 25.2. The number of carbonyl (C=O) groups excluding carboxylic acids is 1.